The van der Waals surface area contributed by atoms with Crippen molar-refractivity contribution in [3.8, 4) is 0 Å². The van der Waals surface area contributed by atoms with Crippen LogP contribution in [0, 0.1) is 13.8 Å². The molecule has 5 heteroatoms. The Morgan fingerprint density at radius 3 is 2.39 bits per heavy atom. The summed E-state index contributed by atoms with van der Waals surface area (Å²) in [6.07, 6.45) is 0. The normalized spacial score (nSPS) is 10.2. The van der Waals surface area contributed by atoms with E-state index in [-0.39, 0.29) is 18.0 Å². The zero-order valence-electron chi connectivity index (χ0n) is 12.8. The van der Waals surface area contributed by atoms with Crippen molar-refractivity contribution in [2.24, 2.45) is 0 Å². The van der Waals surface area contributed by atoms with Gasteiger partial charge in [0.15, 0.2) is 0 Å². The Morgan fingerprint density at radius 1 is 1.04 bits per heavy atom. The molecular weight excluding hydrogens is 312 g/mol. The number of nitrogens with one attached hydrogen (secondary N) is 1. The van der Waals surface area contributed by atoms with E-state index in [4.69, 9.17) is 5.11 Å². The van der Waals surface area contributed by atoms with Crippen LogP contribution in [0.1, 0.15) is 21.6 Å². The number of hydrogen-bond donors (Lipinski definition) is 2. The first-order valence-corrected chi connectivity index (χ1v) is 7.01. The molecule has 0 amide bonds. The quantitative estimate of drug-likeness (QED) is 0.730. The number of benzene rings is 2. The van der Waals surface area contributed by atoms with Crippen molar-refractivity contribution < 1.29 is 9.90 Å². The van der Waals surface area contributed by atoms with Gasteiger partial charge in [0, 0.05) is 22.5 Å². The fourth-order valence-corrected chi connectivity index (χ4v) is 2.43. The molecule has 0 aliphatic rings. The Morgan fingerprint density at radius 2 is 1.74 bits per heavy atom. The minimum Gasteiger partial charge on any atom is -0.478 e. The topological polar surface area (TPSA) is 62.2 Å². The minimum absolute atomic E-state index is 0. The standard InChI is InChI=1S/C18H16N2O2.ClH/c1-11-3-8-16-15(9-11)17(10-12(2)19-16)20-14-6-4-13(5-7-14)18(21)22;/h3-10H,1-2H3,(H,19,20)(H,21,22);1H. The van der Waals surface area contributed by atoms with Gasteiger partial charge in [-0.1, -0.05) is 11.6 Å². The predicted octanol–water partition coefficient (Wildman–Crippen LogP) is 4.72. The number of nitrogens with zero attached hydrogens (tertiary/aromatic N) is 1. The van der Waals surface area contributed by atoms with Gasteiger partial charge in [-0.2, -0.15) is 0 Å². The van der Waals surface area contributed by atoms with E-state index in [1.807, 2.05) is 32.0 Å². The maximum Gasteiger partial charge on any atom is 0.335 e. The van der Waals surface area contributed by atoms with Gasteiger partial charge in [0.1, 0.15) is 0 Å². The third-order valence-electron chi connectivity index (χ3n) is 3.50. The summed E-state index contributed by atoms with van der Waals surface area (Å²) in [4.78, 5) is 15.4. The SMILES string of the molecule is Cc1ccc2nc(C)cc(Nc3ccc(C(=O)O)cc3)c2c1.Cl. The summed E-state index contributed by atoms with van der Waals surface area (Å²) < 4.78 is 0. The van der Waals surface area contributed by atoms with Gasteiger partial charge in [-0.15, -0.1) is 12.4 Å². The number of anilines is 2. The van der Waals surface area contributed by atoms with Crippen molar-refractivity contribution >= 4 is 40.7 Å². The molecule has 0 bridgehead atoms. The molecule has 0 saturated carbocycles. The average molecular weight is 329 g/mol. The Labute approximate surface area is 140 Å². The fraction of sp³-hybridized carbons (Fsp3) is 0.111. The molecular formula is C18H17ClN2O2. The van der Waals surface area contributed by atoms with E-state index in [0.29, 0.717) is 0 Å². The lowest BCUT2D eigenvalue weighted by Crippen LogP contribution is -1.98. The van der Waals surface area contributed by atoms with Crippen molar-refractivity contribution in [1.29, 1.82) is 0 Å². The third-order valence-corrected chi connectivity index (χ3v) is 3.50. The first-order chi connectivity index (χ1) is 10.5. The van der Waals surface area contributed by atoms with Gasteiger partial charge in [0.2, 0.25) is 0 Å². The monoisotopic (exact) mass is 328 g/mol. The van der Waals surface area contributed by atoms with Crippen molar-refractivity contribution in [1.82, 2.24) is 4.98 Å². The van der Waals surface area contributed by atoms with E-state index in [9.17, 15) is 4.79 Å². The Kier molecular flexibility index (Phi) is 4.86. The van der Waals surface area contributed by atoms with Crippen LogP contribution in [0.5, 0.6) is 0 Å². The number of hydrogen-bond acceptors (Lipinski definition) is 3. The molecule has 23 heavy (non-hydrogen) atoms. The molecule has 3 aromatic rings. The number of carboxylic acid groups (broad SMARTS) is 1. The van der Waals surface area contributed by atoms with Gasteiger partial charge >= 0.3 is 5.97 Å². The Hall–Kier alpha value is -2.59. The number of pyridine rings is 1. The maximum absolute atomic E-state index is 10.9. The molecule has 0 spiro atoms. The number of aromatic carboxylic acids is 1. The van der Waals surface area contributed by atoms with Crippen LogP contribution in [0.15, 0.2) is 48.5 Å². The van der Waals surface area contributed by atoms with Crippen molar-refractivity contribution in [2.75, 3.05) is 5.32 Å². The van der Waals surface area contributed by atoms with Crippen molar-refractivity contribution in [3.05, 3.63) is 65.4 Å². The molecule has 4 nitrogen and oxygen atoms in total. The zero-order chi connectivity index (χ0) is 15.7. The summed E-state index contributed by atoms with van der Waals surface area (Å²) in [6.45, 7) is 4.00. The molecule has 0 atom stereocenters. The molecule has 118 valence electrons. The number of halogens is 1. The highest BCUT2D eigenvalue weighted by atomic mass is 35.5. The minimum atomic E-state index is -0.924. The highest BCUT2D eigenvalue weighted by Crippen LogP contribution is 2.27. The van der Waals surface area contributed by atoms with E-state index >= 15 is 0 Å². The van der Waals surface area contributed by atoms with Crippen LogP contribution in [-0.2, 0) is 0 Å². The van der Waals surface area contributed by atoms with Gasteiger partial charge in [-0.05, 0) is 56.3 Å². The Bertz CT molecular complexity index is 861. The molecule has 3 rings (SSSR count). The lowest BCUT2D eigenvalue weighted by Gasteiger charge is -2.11. The number of carbonyl (C=O) groups is 1. The van der Waals surface area contributed by atoms with Crippen molar-refractivity contribution in [2.45, 2.75) is 13.8 Å². The van der Waals surface area contributed by atoms with Gasteiger partial charge in [0.05, 0.1) is 11.1 Å². The lowest BCUT2D eigenvalue weighted by molar-refractivity contribution is 0.0697. The summed E-state index contributed by atoms with van der Waals surface area (Å²) in [6, 6.07) is 14.8. The van der Waals surface area contributed by atoms with Crippen LogP contribution < -0.4 is 5.32 Å². The van der Waals surface area contributed by atoms with Crippen LogP contribution in [0.2, 0.25) is 0 Å². The zero-order valence-corrected chi connectivity index (χ0v) is 13.6. The first kappa shape index (κ1) is 16.8. The van der Waals surface area contributed by atoms with Crippen LogP contribution in [-0.4, -0.2) is 16.1 Å². The fourth-order valence-electron chi connectivity index (χ4n) is 2.43. The summed E-state index contributed by atoms with van der Waals surface area (Å²) >= 11 is 0. The lowest BCUT2D eigenvalue weighted by atomic mass is 10.1. The average Bonchev–Trinajstić information content (AvgIpc) is 2.48. The molecule has 0 unspecified atom stereocenters. The molecule has 0 saturated heterocycles. The van der Waals surface area contributed by atoms with E-state index in [0.717, 1.165) is 28.0 Å². The van der Waals surface area contributed by atoms with Gasteiger partial charge in [-0.25, -0.2) is 4.79 Å². The largest absolute Gasteiger partial charge is 0.478 e. The second-order valence-corrected chi connectivity index (χ2v) is 5.34. The van der Waals surface area contributed by atoms with E-state index in [1.54, 1.807) is 24.3 Å². The maximum atomic E-state index is 10.9. The van der Waals surface area contributed by atoms with Crippen molar-refractivity contribution in [3.63, 3.8) is 0 Å². The number of carboxylic acids is 1. The molecule has 2 aromatic carbocycles. The number of rotatable bonds is 3. The van der Waals surface area contributed by atoms with E-state index < -0.39 is 5.97 Å². The molecule has 1 heterocycles. The summed E-state index contributed by atoms with van der Waals surface area (Å²) in [5, 5.41) is 13.3. The smallest absolute Gasteiger partial charge is 0.335 e. The summed E-state index contributed by atoms with van der Waals surface area (Å²) in [7, 11) is 0. The number of aryl methyl sites for hydroxylation is 2. The predicted molar refractivity (Wildman–Crippen MR) is 95.1 cm³/mol. The molecule has 0 aliphatic heterocycles. The van der Waals surface area contributed by atoms with Gasteiger partial charge < -0.3 is 10.4 Å². The number of fused-ring (bicyclic) bond motifs is 1. The van der Waals surface area contributed by atoms with Gasteiger partial charge in [-0.3, -0.25) is 4.98 Å². The number of aromatic nitrogens is 1. The molecule has 0 aliphatic carbocycles. The summed E-state index contributed by atoms with van der Waals surface area (Å²) in [5.41, 5.74) is 5.13. The second-order valence-electron chi connectivity index (χ2n) is 5.34. The van der Waals surface area contributed by atoms with Gasteiger partial charge in [0.25, 0.3) is 0 Å². The third kappa shape index (κ3) is 3.60. The molecule has 0 fully saturated rings. The van der Waals surface area contributed by atoms with E-state index in [1.165, 1.54) is 5.56 Å². The van der Waals surface area contributed by atoms with Crippen LogP contribution in [0.4, 0.5) is 11.4 Å². The van der Waals surface area contributed by atoms with Crippen LogP contribution >= 0.6 is 12.4 Å². The van der Waals surface area contributed by atoms with E-state index in [2.05, 4.69) is 16.4 Å². The summed E-state index contributed by atoms with van der Waals surface area (Å²) in [5.74, 6) is -0.924. The highest BCUT2D eigenvalue weighted by Gasteiger charge is 2.06. The highest BCUT2D eigenvalue weighted by molar-refractivity contribution is 5.94. The Balaban J connectivity index is 0.00000192. The molecule has 2 N–H and O–H groups in total. The second kappa shape index (κ2) is 6.67. The first-order valence-electron chi connectivity index (χ1n) is 7.01. The molecule has 0 radical (unpaired) electrons. The van der Waals surface area contributed by atoms with Crippen LogP contribution in [0.25, 0.3) is 10.9 Å². The molecule has 1 aromatic heterocycles. The van der Waals surface area contributed by atoms with Crippen LogP contribution in [0.3, 0.4) is 0 Å².